The van der Waals surface area contributed by atoms with Gasteiger partial charge in [-0.15, -0.1) is 23.1 Å². The van der Waals surface area contributed by atoms with E-state index in [1.54, 1.807) is 18.7 Å². The maximum Gasteiger partial charge on any atom is 0.347 e. The summed E-state index contributed by atoms with van der Waals surface area (Å²) in [5, 5.41) is 9.78. The Labute approximate surface area is 108 Å². The third kappa shape index (κ3) is 3.08. The Morgan fingerprint density at radius 2 is 2.12 bits per heavy atom. The topological polar surface area (TPSA) is 50.2 Å². The number of aryl methyl sites for hydroxylation is 1. The molecule has 2 aromatic rings. The van der Waals surface area contributed by atoms with Crippen LogP contribution in [0, 0.1) is 6.92 Å². The maximum atomic E-state index is 10.9. The number of benzene rings is 1. The first-order valence-corrected chi connectivity index (χ1v) is 6.84. The summed E-state index contributed by atoms with van der Waals surface area (Å²) in [5.41, 5.74) is 0.603. The highest BCUT2D eigenvalue weighted by atomic mass is 32.2. The van der Waals surface area contributed by atoms with Crippen LogP contribution in [0.15, 0.2) is 35.2 Å². The number of carboxylic acid groups (broad SMARTS) is 1. The highest BCUT2D eigenvalue weighted by Gasteiger charge is 2.13. The van der Waals surface area contributed by atoms with Gasteiger partial charge in [-0.25, -0.2) is 9.78 Å². The molecule has 1 N–H and O–H groups in total. The van der Waals surface area contributed by atoms with E-state index in [9.17, 15) is 4.79 Å². The van der Waals surface area contributed by atoms with Gasteiger partial charge in [0.15, 0.2) is 0 Å². The molecule has 0 radical (unpaired) electrons. The molecule has 3 nitrogen and oxygen atoms in total. The minimum atomic E-state index is -0.893. The predicted molar refractivity (Wildman–Crippen MR) is 69.8 cm³/mol. The number of rotatable bonds is 4. The first kappa shape index (κ1) is 12.1. The van der Waals surface area contributed by atoms with Crippen molar-refractivity contribution >= 4 is 29.1 Å². The van der Waals surface area contributed by atoms with Gasteiger partial charge in [0.25, 0.3) is 0 Å². The van der Waals surface area contributed by atoms with E-state index < -0.39 is 5.97 Å². The standard InChI is InChI=1S/C12H11NO2S2/c1-8-11(12(14)15)17-10(13-8)7-16-9-5-3-2-4-6-9/h2-6H,7H2,1H3,(H,14,15). The fraction of sp³-hybridized carbons (Fsp3) is 0.167. The molecule has 1 aromatic carbocycles. The Hall–Kier alpha value is -1.33. The molecule has 0 saturated heterocycles. The van der Waals surface area contributed by atoms with Gasteiger partial charge >= 0.3 is 5.97 Å². The molecule has 0 aliphatic carbocycles. The van der Waals surface area contributed by atoms with Gasteiger partial charge in [-0.1, -0.05) is 18.2 Å². The van der Waals surface area contributed by atoms with Crippen LogP contribution in [0.4, 0.5) is 0 Å². The number of thiazole rings is 1. The molecule has 88 valence electrons. The van der Waals surface area contributed by atoms with E-state index in [2.05, 4.69) is 4.98 Å². The number of hydrogen-bond donors (Lipinski definition) is 1. The summed E-state index contributed by atoms with van der Waals surface area (Å²) in [6.07, 6.45) is 0. The molecule has 0 fully saturated rings. The molecule has 2 rings (SSSR count). The van der Waals surface area contributed by atoms with E-state index in [1.165, 1.54) is 11.3 Å². The summed E-state index contributed by atoms with van der Waals surface area (Å²) < 4.78 is 0. The Kier molecular flexibility index (Phi) is 3.81. The Balaban J connectivity index is 2.05. The normalized spacial score (nSPS) is 10.4. The molecule has 5 heteroatoms. The van der Waals surface area contributed by atoms with E-state index >= 15 is 0 Å². The summed E-state index contributed by atoms with van der Waals surface area (Å²) >= 11 is 2.92. The van der Waals surface area contributed by atoms with Crippen LogP contribution in [0.1, 0.15) is 20.4 Å². The zero-order chi connectivity index (χ0) is 12.3. The number of aromatic nitrogens is 1. The van der Waals surface area contributed by atoms with Crippen LogP contribution in [-0.4, -0.2) is 16.1 Å². The number of thioether (sulfide) groups is 1. The third-order valence-electron chi connectivity index (χ3n) is 2.14. The zero-order valence-corrected chi connectivity index (χ0v) is 10.8. The highest BCUT2D eigenvalue weighted by Crippen LogP contribution is 2.26. The van der Waals surface area contributed by atoms with E-state index in [4.69, 9.17) is 5.11 Å². The molecule has 17 heavy (non-hydrogen) atoms. The van der Waals surface area contributed by atoms with Crippen LogP contribution in [-0.2, 0) is 5.75 Å². The van der Waals surface area contributed by atoms with Crippen LogP contribution in [0.3, 0.4) is 0 Å². The highest BCUT2D eigenvalue weighted by molar-refractivity contribution is 7.98. The van der Waals surface area contributed by atoms with Crippen LogP contribution in [0.5, 0.6) is 0 Å². The largest absolute Gasteiger partial charge is 0.477 e. The Morgan fingerprint density at radius 3 is 2.71 bits per heavy atom. The molecule has 0 saturated carbocycles. The van der Waals surface area contributed by atoms with Gasteiger partial charge < -0.3 is 5.11 Å². The second-order valence-corrected chi connectivity index (χ2v) is 5.56. The van der Waals surface area contributed by atoms with Crippen molar-refractivity contribution in [2.24, 2.45) is 0 Å². The Bertz CT molecular complexity index is 523. The van der Waals surface area contributed by atoms with Gasteiger partial charge in [-0.3, -0.25) is 0 Å². The molecule has 1 aromatic heterocycles. The zero-order valence-electron chi connectivity index (χ0n) is 9.21. The number of aromatic carboxylic acids is 1. The van der Waals surface area contributed by atoms with Crippen molar-refractivity contribution in [1.82, 2.24) is 4.98 Å². The minimum absolute atomic E-state index is 0.341. The predicted octanol–water partition coefficient (Wildman–Crippen LogP) is 3.44. The molecule has 0 amide bonds. The molecule has 1 heterocycles. The summed E-state index contributed by atoms with van der Waals surface area (Å²) in [6.45, 7) is 1.73. The van der Waals surface area contributed by atoms with Gasteiger partial charge in [0.1, 0.15) is 9.88 Å². The van der Waals surface area contributed by atoms with Crippen molar-refractivity contribution < 1.29 is 9.90 Å². The van der Waals surface area contributed by atoms with Crippen LogP contribution in [0.2, 0.25) is 0 Å². The van der Waals surface area contributed by atoms with E-state index in [1.807, 2.05) is 30.3 Å². The van der Waals surface area contributed by atoms with Crippen LogP contribution >= 0.6 is 23.1 Å². The van der Waals surface area contributed by atoms with Gasteiger partial charge in [0, 0.05) is 4.90 Å². The first-order valence-electron chi connectivity index (χ1n) is 5.04. The monoisotopic (exact) mass is 265 g/mol. The molecule has 0 aliphatic rings. The quantitative estimate of drug-likeness (QED) is 0.860. The van der Waals surface area contributed by atoms with Gasteiger partial charge in [0.05, 0.1) is 11.4 Å². The molecule has 0 bridgehead atoms. The van der Waals surface area contributed by atoms with Gasteiger partial charge in [-0.05, 0) is 19.1 Å². The molecular formula is C12H11NO2S2. The van der Waals surface area contributed by atoms with Crippen molar-refractivity contribution in [3.8, 4) is 0 Å². The molecule has 0 atom stereocenters. The van der Waals surface area contributed by atoms with Gasteiger partial charge in [-0.2, -0.15) is 0 Å². The van der Waals surface area contributed by atoms with Crippen molar-refractivity contribution in [2.45, 2.75) is 17.6 Å². The molecular weight excluding hydrogens is 254 g/mol. The summed E-state index contributed by atoms with van der Waals surface area (Å²) in [5.74, 6) is -0.182. The lowest BCUT2D eigenvalue weighted by molar-refractivity contribution is 0.0701. The summed E-state index contributed by atoms with van der Waals surface area (Å²) in [7, 11) is 0. The van der Waals surface area contributed by atoms with Crippen molar-refractivity contribution in [1.29, 1.82) is 0 Å². The molecule has 0 unspecified atom stereocenters. The summed E-state index contributed by atoms with van der Waals surface area (Å²) in [4.78, 5) is 16.6. The number of carbonyl (C=O) groups is 1. The van der Waals surface area contributed by atoms with Gasteiger partial charge in [0.2, 0.25) is 0 Å². The fourth-order valence-corrected chi connectivity index (χ4v) is 3.19. The van der Waals surface area contributed by atoms with Crippen molar-refractivity contribution in [3.05, 3.63) is 45.9 Å². The number of nitrogens with zero attached hydrogens (tertiary/aromatic N) is 1. The lowest BCUT2D eigenvalue weighted by atomic mass is 10.4. The SMILES string of the molecule is Cc1nc(CSc2ccccc2)sc1C(=O)O. The lowest BCUT2D eigenvalue weighted by Gasteiger charge is -1.97. The summed E-state index contributed by atoms with van der Waals surface area (Å²) in [6, 6.07) is 10.0. The third-order valence-corrected chi connectivity index (χ3v) is 4.49. The first-order chi connectivity index (χ1) is 8.16. The maximum absolute atomic E-state index is 10.9. The Morgan fingerprint density at radius 1 is 1.41 bits per heavy atom. The average Bonchev–Trinajstić information content (AvgIpc) is 2.69. The second kappa shape index (κ2) is 5.33. The number of hydrogen-bond acceptors (Lipinski definition) is 4. The average molecular weight is 265 g/mol. The number of carboxylic acids is 1. The van der Waals surface area contributed by atoms with E-state index in [-0.39, 0.29) is 0 Å². The van der Waals surface area contributed by atoms with Crippen LogP contribution < -0.4 is 0 Å². The molecule has 0 spiro atoms. The van der Waals surface area contributed by atoms with Crippen LogP contribution in [0.25, 0.3) is 0 Å². The van der Waals surface area contributed by atoms with Crippen molar-refractivity contribution in [3.63, 3.8) is 0 Å². The second-order valence-electron chi connectivity index (χ2n) is 3.43. The lowest BCUT2D eigenvalue weighted by Crippen LogP contribution is -1.94. The smallest absolute Gasteiger partial charge is 0.347 e. The minimum Gasteiger partial charge on any atom is -0.477 e. The fourth-order valence-electron chi connectivity index (χ4n) is 1.37. The molecule has 0 aliphatic heterocycles. The van der Waals surface area contributed by atoms with E-state index in [0.717, 1.165) is 9.90 Å². The van der Waals surface area contributed by atoms with E-state index in [0.29, 0.717) is 16.3 Å². The van der Waals surface area contributed by atoms with Crippen molar-refractivity contribution in [2.75, 3.05) is 0 Å².